The third-order valence-corrected chi connectivity index (χ3v) is 4.88. The Kier molecular flexibility index (Phi) is 4.66. The van der Waals surface area contributed by atoms with Crippen LogP contribution >= 0.6 is 0 Å². The Hall–Kier alpha value is -1.88. The summed E-state index contributed by atoms with van der Waals surface area (Å²) in [6.07, 6.45) is 6.30. The molecule has 1 aromatic carbocycles. The molecule has 2 aliphatic rings. The van der Waals surface area contributed by atoms with Gasteiger partial charge in [-0.3, -0.25) is 9.59 Å². The molecule has 0 bridgehead atoms. The summed E-state index contributed by atoms with van der Waals surface area (Å²) in [6.45, 7) is 0.0958. The molecular formula is C18H24N2O3. The molecule has 5 heteroatoms. The highest BCUT2D eigenvalue weighted by Crippen LogP contribution is 2.29. The van der Waals surface area contributed by atoms with E-state index in [4.69, 9.17) is 0 Å². The van der Waals surface area contributed by atoms with E-state index in [0.29, 0.717) is 12.8 Å². The van der Waals surface area contributed by atoms with Gasteiger partial charge in [0.2, 0.25) is 0 Å². The van der Waals surface area contributed by atoms with E-state index in [1.165, 1.54) is 6.42 Å². The van der Waals surface area contributed by atoms with Gasteiger partial charge >= 0.3 is 11.8 Å². The molecule has 0 aromatic heterocycles. The maximum Gasteiger partial charge on any atom is 0.309 e. The smallest absolute Gasteiger partial charge is 0.309 e. The summed E-state index contributed by atoms with van der Waals surface area (Å²) in [5, 5.41) is 16.0. The first kappa shape index (κ1) is 16.0. The third kappa shape index (κ3) is 3.91. The fourth-order valence-corrected chi connectivity index (χ4v) is 3.62. The van der Waals surface area contributed by atoms with Crippen molar-refractivity contribution in [1.82, 2.24) is 10.6 Å². The molecule has 2 amide bonds. The molecule has 23 heavy (non-hydrogen) atoms. The molecule has 0 aliphatic heterocycles. The summed E-state index contributed by atoms with van der Waals surface area (Å²) in [4.78, 5) is 23.9. The summed E-state index contributed by atoms with van der Waals surface area (Å²) in [6, 6.07) is 7.98. The number of carbonyl (C=O) groups is 2. The van der Waals surface area contributed by atoms with Gasteiger partial charge in [0, 0.05) is 25.4 Å². The summed E-state index contributed by atoms with van der Waals surface area (Å²) in [7, 11) is 0. The first-order valence-corrected chi connectivity index (χ1v) is 8.44. The van der Waals surface area contributed by atoms with Crippen LogP contribution in [0, 0.1) is 0 Å². The van der Waals surface area contributed by atoms with E-state index in [-0.39, 0.29) is 12.6 Å². The van der Waals surface area contributed by atoms with Gasteiger partial charge < -0.3 is 15.7 Å². The van der Waals surface area contributed by atoms with E-state index in [2.05, 4.69) is 10.6 Å². The number of amides is 2. The van der Waals surface area contributed by atoms with Crippen molar-refractivity contribution >= 4 is 11.8 Å². The fraction of sp³-hybridized carbons (Fsp3) is 0.556. The van der Waals surface area contributed by atoms with Crippen LogP contribution in [0.15, 0.2) is 24.3 Å². The number of aliphatic hydroxyl groups is 1. The number of hydrogen-bond acceptors (Lipinski definition) is 3. The Morgan fingerprint density at radius 2 is 1.65 bits per heavy atom. The molecule has 0 atom stereocenters. The van der Waals surface area contributed by atoms with Gasteiger partial charge in [0.15, 0.2) is 0 Å². The lowest BCUT2D eigenvalue weighted by atomic mass is 9.95. The summed E-state index contributed by atoms with van der Waals surface area (Å²) in [5.41, 5.74) is 1.22. The highest BCUT2D eigenvalue weighted by atomic mass is 16.3. The molecule has 124 valence electrons. The van der Waals surface area contributed by atoms with Crippen molar-refractivity contribution < 1.29 is 14.7 Å². The summed E-state index contributed by atoms with van der Waals surface area (Å²) >= 11 is 0. The Bertz CT molecular complexity index is 569. The normalized spacial score (nSPS) is 19.9. The Labute approximate surface area is 136 Å². The van der Waals surface area contributed by atoms with Crippen LogP contribution in [0.3, 0.4) is 0 Å². The number of carbonyl (C=O) groups excluding carboxylic acids is 2. The van der Waals surface area contributed by atoms with Crippen molar-refractivity contribution in [1.29, 1.82) is 0 Å². The highest BCUT2D eigenvalue weighted by Gasteiger charge is 2.35. The molecule has 0 heterocycles. The minimum atomic E-state index is -0.996. The molecule has 2 aliphatic carbocycles. The zero-order chi connectivity index (χ0) is 16.3. The maximum absolute atomic E-state index is 12.0. The van der Waals surface area contributed by atoms with Crippen LogP contribution in [0.25, 0.3) is 0 Å². The third-order valence-electron chi connectivity index (χ3n) is 4.88. The van der Waals surface area contributed by atoms with Gasteiger partial charge in [0.05, 0.1) is 5.60 Å². The van der Waals surface area contributed by atoms with Crippen LogP contribution in [-0.4, -0.2) is 35.1 Å². The van der Waals surface area contributed by atoms with Gasteiger partial charge in [-0.1, -0.05) is 43.5 Å². The van der Waals surface area contributed by atoms with Crippen molar-refractivity contribution in [3.63, 3.8) is 0 Å². The number of benzene rings is 1. The Morgan fingerprint density at radius 3 is 2.26 bits per heavy atom. The second kappa shape index (κ2) is 6.71. The fourth-order valence-electron chi connectivity index (χ4n) is 3.62. The Balaban J connectivity index is 1.48. The van der Waals surface area contributed by atoms with E-state index in [1.807, 2.05) is 24.3 Å². The molecule has 3 rings (SSSR count). The highest BCUT2D eigenvalue weighted by molar-refractivity contribution is 6.35. The summed E-state index contributed by atoms with van der Waals surface area (Å²) < 4.78 is 0. The molecule has 0 saturated heterocycles. The molecule has 0 spiro atoms. The predicted molar refractivity (Wildman–Crippen MR) is 86.8 cm³/mol. The zero-order valence-electron chi connectivity index (χ0n) is 13.3. The molecule has 1 saturated carbocycles. The molecular weight excluding hydrogens is 292 g/mol. The van der Waals surface area contributed by atoms with Crippen LogP contribution in [0.5, 0.6) is 0 Å². The van der Waals surface area contributed by atoms with Crippen molar-refractivity contribution in [3.8, 4) is 0 Å². The number of hydrogen-bond donors (Lipinski definition) is 3. The van der Waals surface area contributed by atoms with Crippen molar-refractivity contribution in [2.24, 2.45) is 0 Å². The van der Waals surface area contributed by atoms with Gasteiger partial charge in [-0.2, -0.15) is 0 Å². The lowest BCUT2D eigenvalue weighted by Gasteiger charge is -2.24. The van der Waals surface area contributed by atoms with Crippen LogP contribution in [0.1, 0.15) is 43.2 Å². The van der Waals surface area contributed by atoms with Gasteiger partial charge in [-0.05, 0) is 24.0 Å². The SMILES string of the molecule is O=C(NCC1(O)Cc2ccccc2C1)C(=O)NC1CCCCC1. The molecule has 1 aromatic rings. The average Bonchev–Trinajstić information content (AvgIpc) is 2.90. The second-order valence-corrected chi connectivity index (χ2v) is 6.84. The largest absolute Gasteiger partial charge is 0.387 e. The van der Waals surface area contributed by atoms with Gasteiger partial charge in [-0.25, -0.2) is 0 Å². The van der Waals surface area contributed by atoms with Crippen LogP contribution < -0.4 is 10.6 Å². The van der Waals surface area contributed by atoms with Crippen LogP contribution in [0.2, 0.25) is 0 Å². The van der Waals surface area contributed by atoms with E-state index < -0.39 is 17.4 Å². The number of rotatable bonds is 3. The molecule has 3 N–H and O–H groups in total. The molecule has 1 fully saturated rings. The topological polar surface area (TPSA) is 78.4 Å². The van der Waals surface area contributed by atoms with Crippen LogP contribution in [-0.2, 0) is 22.4 Å². The van der Waals surface area contributed by atoms with E-state index in [0.717, 1.165) is 36.8 Å². The van der Waals surface area contributed by atoms with E-state index in [9.17, 15) is 14.7 Å². The minimum Gasteiger partial charge on any atom is -0.387 e. The lowest BCUT2D eigenvalue weighted by Crippen LogP contribution is -2.50. The molecule has 0 unspecified atom stereocenters. The van der Waals surface area contributed by atoms with E-state index >= 15 is 0 Å². The molecule has 0 radical (unpaired) electrons. The number of fused-ring (bicyclic) bond motifs is 1. The van der Waals surface area contributed by atoms with E-state index in [1.54, 1.807) is 0 Å². The standard InChI is InChI=1S/C18H24N2O3/c21-16(17(22)20-15-8-2-1-3-9-15)19-12-18(23)10-13-6-4-5-7-14(13)11-18/h4-7,15,23H,1-3,8-12H2,(H,19,21)(H,20,22). The van der Waals surface area contributed by atoms with Gasteiger partial charge in [-0.15, -0.1) is 0 Å². The van der Waals surface area contributed by atoms with Crippen molar-refractivity contribution in [2.75, 3.05) is 6.54 Å². The maximum atomic E-state index is 12.0. The Morgan fingerprint density at radius 1 is 1.04 bits per heavy atom. The van der Waals surface area contributed by atoms with Crippen molar-refractivity contribution in [2.45, 2.75) is 56.6 Å². The monoisotopic (exact) mass is 316 g/mol. The first-order chi connectivity index (χ1) is 11.1. The second-order valence-electron chi connectivity index (χ2n) is 6.84. The predicted octanol–water partition coefficient (Wildman–Crippen LogP) is 1.08. The van der Waals surface area contributed by atoms with Gasteiger partial charge in [0.25, 0.3) is 0 Å². The van der Waals surface area contributed by atoms with Gasteiger partial charge in [0.1, 0.15) is 0 Å². The summed E-state index contributed by atoms with van der Waals surface area (Å²) in [5.74, 6) is -1.24. The average molecular weight is 316 g/mol. The first-order valence-electron chi connectivity index (χ1n) is 8.44. The molecule has 5 nitrogen and oxygen atoms in total. The quantitative estimate of drug-likeness (QED) is 0.730. The van der Waals surface area contributed by atoms with Crippen LogP contribution in [0.4, 0.5) is 0 Å². The van der Waals surface area contributed by atoms with Crippen molar-refractivity contribution in [3.05, 3.63) is 35.4 Å². The zero-order valence-corrected chi connectivity index (χ0v) is 13.3. The number of nitrogens with one attached hydrogen (secondary N) is 2. The lowest BCUT2D eigenvalue weighted by molar-refractivity contribution is -0.140. The minimum absolute atomic E-state index is 0.0958.